The monoisotopic (exact) mass is 474 g/mol. The third-order valence-corrected chi connectivity index (χ3v) is 7.16. The molecule has 0 spiro atoms. The summed E-state index contributed by atoms with van der Waals surface area (Å²) in [4.78, 5) is 25.8. The predicted octanol–water partition coefficient (Wildman–Crippen LogP) is 5.31. The number of carbonyl (C=O) groups is 1. The van der Waals surface area contributed by atoms with Crippen LogP contribution in [-0.2, 0) is 27.5 Å². The molecule has 2 aliphatic rings. The van der Waals surface area contributed by atoms with Crippen LogP contribution in [0.1, 0.15) is 56.3 Å². The van der Waals surface area contributed by atoms with Gasteiger partial charge >= 0.3 is 0 Å². The van der Waals surface area contributed by atoms with Crippen LogP contribution in [0.2, 0.25) is 0 Å². The van der Waals surface area contributed by atoms with Gasteiger partial charge in [-0.2, -0.15) is 0 Å². The van der Waals surface area contributed by atoms with Crippen molar-refractivity contribution in [1.82, 2.24) is 9.55 Å². The molecule has 1 amide bonds. The molecule has 1 saturated carbocycles. The maximum absolute atomic E-state index is 13.5. The lowest BCUT2D eigenvalue weighted by atomic mass is 9.87. The number of hydrogen-bond acceptors (Lipinski definition) is 5. The van der Waals surface area contributed by atoms with Crippen LogP contribution in [0.4, 0.5) is 5.69 Å². The Morgan fingerprint density at radius 1 is 1.03 bits per heavy atom. The SMILES string of the molecule is COCCCn1c(CN2C(=O)/C(=N/OCCC3CCCCC3)c3ccccc32)nc2ccccc21. The number of aryl methyl sites for hydroxylation is 1. The number of anilines is 1. The first-order valence-corrected chi connectivity index (χ1v) is 12.8. The molecule has 0 N–H and O–H groups in total. The van der Waals surface area contributed by atoms with Gasteiger partial charge in [-0.25, -0.2) is 4.98 Å². The molecular formula is C28H34N4O3. The fourth-order valence-electron chi connectivity index (χ4n) is 5.32. The summed E-state index contributed by atoms with van der Waals surface area (Å²) in [6, 6.07) is 15.9. The lowest BCUT2D eigenvalue weighted by Crippen LogP contribution is -2.31. The fraction of sp³-hybridized carbons (Fsp3) is 0.464. The zero-order valence-corrected chi connectivity index (χ0v) is 20.5. The second kappa shape index (κ2) is 11.0. The molecule has 7 heteroatoms. The Kier molecular flexibility index (Phi) is 7.42. The van der Waals surface area contributed by atoms with Gasteiger partial charge in [-0.3, -0.25) is 9.69 Å². The number of nitrogens with zero attached hydrogens (tertiary/aromatic N) is 4. The second-order valence-electron chi connectivity index (χ2n) is 9.49. The van der Waals surface area contributed by atoms with E-state index >= 15 is 0 Å². The minimum Gasteiger partial charge on any atom is -0.395 e. The van der Waals surface area contributed by atoms with Gasteiger partial charge in [-0.1, -0.05) is 67.6 Å². The van der Waals surface area contributed by atoms with Crippen molar-refractivity contribution in [3.8, 4) is 0 Å². The topological polar surface area (TPSA) is 69.0 Å². The Bertz CT molecular complexity index is 1200. The molecule has 7 nitrogen and oxygen atoms in total. The first kappa shape index (κ1) is 23.5. The Morgan fingerprint density at radius 3 is 2.69 bits per heavy atom. The van der Waals surface area contributed by atoms with E-state index in [9.17, 15) is 4.79 Å². The minimum absolute atomic E-state index is 0.139. The zero-order chi connectivity index (χ0) is 24.0. The second-order valence-corrected chi connectivity index (χ2v) is 9.49. The smallest absolute Gasteiger partial charge is 0.281 e. The molecule has 2 heterocycles. The number of amides is 1. The van der Waals surface area contributed by atoms with Crippen molar-refractivity contribution in [3.05, 3.63) is 59.9 Å². The van der Waals surface area contributed by atoms with Gasteiger partial charge in [-0.15, -0.1) is 0 Å². The lowest BCUT2D eigenvalue weighted by molar-refractivity contribution is -0.112. The maximum atomic E-state index is 13.5. The Labute approximate surface area is 206 Å². The zero-order valence-electron chi connectivity index (χ0n) is 20.5. The van der Waals surface area contributed by atoms with E-state index in [1.54, 1.807) is 12.0 Å². The fourth-order valence-corrected chi connectivity index (χ4v) is 5.32. The van der Waals surface area contributed by atoms with Crippen LogP contribution >= 0.6 is 0 Å². The highest BCUT2D eigenvalue weighted by molar-refractivity contribution is 6.54. The molecular weight excluding hydrogens is 440 g/mol. The summed E-state index contributed by atoms with van der Waals surface area (Å²) in [5.41, 5.74) is 4.05. The quantitative estimate of drug-likeness (QED) is 0.295. The molecule has 0 radical (unpaired) electrons. The summed E-state index contributed by atoms with van der Waals surface area (Å²) in [6.45, 7) is 2.38. The summed E-state index contributed by atoms with van der Waals surface area (Å²) >= 11 is 0. The number of para-hydroxylation sites is 3. The van der Waals surface area contributed by atoms with Crippen LogP contribution in [0.3, 0.4) is 0 Å². The lowest BCUT2D eigenvalue weighted by Gasteiger charge is -2.20. The Balaban J connectivity index is 1.35. The molecule has 184 valence electrons. The van der Waals surface area contributed by atoms with Crippen LogP contribution in [-0.4, -0.2) is 41.5 Å². The van der Waals surface area contributed by atoms with E-state index in [1.165, 1.54) is 32.1 Å². The van der Waals surface area contributed by atoms with Gasteiger partial charge in [0.05, 0.1) is 23.3 Å². The van der Waals surface area contributed by atoms with Crippen LogP contribution in [0.15, 0.2) is 53.7 Å². The highest BCUT2D eigenvalue weighted by Crippen LogP contribution is 2.32. The van der Waals surface area contributed by atoms with Crippen LogP contribution < -0.4 is 4.90 Å². The van der Waals surface area contributed by atoms with Crippen LogP contribution in [0.5, 0.6) is 0 Å². The third kappa shape index (κ3) is 5.10. The number of imidazole rings is 1. The summed E-state index contributed by atoms with van der Waals surface area (Å²) in [7, 11) is 1.71. The van der Waals surface area contributed by atoms with Gasteiger partial charge in [0.15, 0.2) is 5.71 Å². The highest BCUT2D eigenvalue weighted by atomic mass is 16.6. The van der Waals surface area contributed by atoms with Gasteiger partial charge in [0.25, 0.3) is 5.91 Å². The van der Waals surface area contributed by atoms with Crippen molar-refractivity contribution >= 4 is 28.3 Å². The number of oxime groups is 1. The average Bonchev–Trinajstić information content (AvgIpc) is 3.37. The van der Waals surface area contributed by atoms with Crippen LogP contribution in [0.25, 0.3) is 11.0 Å². The van der Waals surface area contributed by atoms with E-state index in [-0.39, 0.29) is 5.91 Å². The van der Waals surface area contributed by atoms with E-state index in [2.05, 4.69) is 15.8 Å². The number of methoxy groups -OCH3 is 1. The molecule has 1 aromatic heterocycles. The van der Waals surface area contributed by atoms with Crippen LogP contribution in [0, 0.1) is 5.92 Å². The van der Waals surface area contributed by atoms with Gasteiger partial charge < -0.3 is 14.1 Å². The molecule has 3 aromatic rings. The Hall–Kier alpha value is -3.19. The van der Waals surface area contributed by atoms with Crippen molar-refractivity contribution in [2.75, 3.05) is 25.2 Å². The Morgan fingerprint density at radius 2 is 1.83 bits per heavy atom. The first-order valence-electron chi connectivity index (χ1n) is 12.8. The summed E-state index contributed by atoms with van der Waals surface area (Å²) < 4.78 is 7.46. The number of ether oxygens (including phenoxy) is 1. The summed E-state index contributed by atoms with van der Waals surface area (Å²) in [6.07, 6.45) is 8.41. The van der Waals surface area contributed by atoms with Crippen molar-refractivity contribution in [3.63, 3.8) is 0 Å². The molecule has 0 saturated heterocycles. The number of aromatic nitrogens is 2. The number of benzene rings is 2. The number of carbonyl (C=O) groups excluding carboxylic acids is 1. The van der Waals surface area contributed by atoms with E-state index in [0.29, 0.717) is 25.5 Å². The van der Waals surface area contributed by atoms with Gasteiger partial charge in [0, 0.05) is 25.8 Å². The molecule has 0 bridgehead atoms. The van der Waals surface area contributed by atoms with Gasteiger partial charge in [0.2, 0.25) is 0 Å². The standard InChI is InChI=1S/C28H34N4O3/c1-34-18-9-17-31-25-15-8-6-13-23(25)29-26(31)20-32-24-14-7-5-12-22(24)27(28(32)33)30-35-19-16-21-10-3-2-4-11-21/h5-8,12-15,21H,2-4,9-11,16-20H2,1H3/b30-27+. The molecule has 0 atom stereocenters. The van der Waals surface area contributed by atoms with Gasteiger partial charge in [-0.05, 0) is 37.0 Å². The van der Waals surface area contributed by atoms with Crippen molar-refractivity contribution in [2.45, 2.75) is 58.0 Å². The normalized spacial score (nSPS) is 17.5. The highest BCUT2D eigenvalue weighted by Gasteiger charge is 2.35. The molecule has 2 aromatic carbocycles. The predicted molar refractivity (Wildman–Crippen MR) is 138 cm³/mol. The van der Waals surface area contributed by atoms with Crippen molar-refractivity contribution < 1.29 is 14.4 Å². The number of rotatable bonds is 10. The van der Waals surface area contributed by atoms with Gasteiger partial charge in [0.1, 0.15) is 12.4 Å². The molecule has 1 fully saturated rings. The molecule has 5 rings (SSSR count). The number of hydrogen-bond donors (Lipinski definition) is 0. The van der Waals surface area contributed by atoms with Crippen molar-refractivity contribution in [2.24, 2.45) is 11.1 Å². The number of fused-ring (bicyclic) bond motifs is 2. The average molecular weight is 475 g/mol. The minimum atomic E-state index is -0.139. The summed E-state index contributed by atoms with van der Waals surface area (Å²) in [5.74, 6) is 1.43. The molecule has 35 heavy (non-hydrogen) atoms. The third-order valence-electron chi connectivity index (χ3n) is 7.16. The first-order chi connectivity index (χ1) is 17.3. The molecule has 1 aliphatic carbocycles. The van der Waals surface area contributed by atoms with Crippen molar-refractivity contribution in [1.29, 1.82) is 0 Å². The molecule has 1 aliphatic heterocycles. The maximum Gasteiger partial charge on any atom is 0.281 e. The van der Waals surface area contributed by atoms with E-state index in [0.717, 1.165) is 53.4 Å². The van der Waals surface area contributed by atoms with E-state index in [1.807, 2.05) is 42.5 Å². The van der Waals surface area contributed by atoms with E-state index < -0.39 is 0 Å². The summed E-state index contributed by atoms with van der Waals surface area (Å²) in [5, 5.41) is 4.33. The molecule has 0 unspecified atom stereocenters. The largest absolute Gasteiger partial charge is 0.395 e. The van der Waals surface area contributed by atoms with E-state index in [4.69, 9.17) is 14.6 Å².